The first-order valence-electron chi connectivity index (χ1n) is 7.23. The van der Waals surface area contributed by atoms with Gasteiger partial charge in [0.05, 0.1) is 18.4 Å². The summed E-state index contributed by atoms with van der Waals surface area (Å²) in [6.07, 6.45) is 2.77. The zero-order chi connectivity index (χ0) is 14.3. The van der Waals surface area contributed by atoms with Gasteiger partial charge in [0.25, 0.3) is 0 Å². The highest BCUT2D eigenvalue weighted by Gasteiger charge is 2.51. The molecule has 2 aliphatic rings. The summed E-state index contributed by atoms with van der Waals surface area (Å²) in [5, 5.41) is 9.26. The first-order chi connectivity index (χ1) is 9.60. The molecule has 0 spiro atoms. The van der Waals surface area contributed by atoms with Gasteiger partial charge in [-0.15, -0.1) is 0 Å². The Balaban J connectivity index is 1.75. The minimum absolute atomic E-state index is 0.0102. The molecule has 2 fully saturated rings. The Morgan fingerprint density at radius 1 is 1.10 bits per heavy atom. The molecule has 1 heterocycles. The Bertz CT molecular complexity index is 513. The normalized spacial score (nSPS) is 29.1. The van der Waals surface area contributed by atoms with Crippen molar-refractivity contribution in [3.8, 4) is 5.75 Å². The third-order valence-electron chi connectivity index (χ3n) is 4.68. The molecule has 1 aromatic carbocycles. The molecular weight excluding hydrogens is 254 g/mol. The van der Waals surface area contributed by atoms with E-state index in [9.17, 15) is 14.7 Å². The summed E-state index contributed by atoms with van der Waals surface area (Å²) < 4.78 is 0. The molecule has 0 bridgehead atoms. The van der Waals surface area contributed by atoms with Crippen molar-refractivity contribution < 1.29 is 14.7 Å². The molecule has 0 radical (unpaired) electrons. The first kappa shape index (κ1) is 13.2. The summed E-state index contributed by atoms with van der Waals surface area (Å²) in [6, 6.07) is 6.65. The van der Waals surface area contributed by atoms with Gasteiger partial charge in [-0.05, 0) is 36.5 Å². The molecular formula is C16H19NO3. The summed E-state index contributed by atoms with van der Waals surface area (Å²) in [5.41, 5.74) is 0.872. The number of phenols is 1. The lowest BCUT2D eigenvalue weighted by molar-refractivity contribution is -0.141. The molecule has 1 aliphatic heterocycles. The Labute approximate surface area is 118 Å². The van der Waals surface area contributed by atoms with E-state index in [2.05, 4.69) is 6.92 Å². The smallest absolute Gasteiger partial charge is 0.233 e. The molecule has 0 aromatic heterocycles. The van der Waals surface area contributed by atoms with Gasteiger partial charge in [-0.1, -0.05) is 25.5 Å². The van der Waals surface area contributed by atoms with Crippen molar-refractivity contribution >= 4 is 11.8 Å². The molecule has 106 valence electrons. The van der Waals surface area contributed by atoms with Gasteiger partial charge in [-0.2, -0.15) is 0 Å². The van der Waals surface area contributed by atoms with E-state index in [1.807, 2.05) is 0 Å². The SMILES string of the molecule is CCC1CC2C(=O)N(Cc3ccc(O)cc3)C(=O)C2C1. The maximum absolute atomic E-state index is 12.4. The predicted molar refractivity (Wildman–Crippen MR) is 73.7 cm³/mol. The van der Waals surface area contributed by atoms with Crippen LogP contribution in [-0.2, 0) is 16.1 Å². The van der Waals surface area contributed by atoms with Crippen LogP contribution in [0.5, 0.6) is 5.75 Å². The molecule has 1 saturated heterocycles. The van der Waals surface area contributed by atoms with Crippen LogP contribution in [-0.4, -0.2) is 21.8 Å². The molecule has 4 heteroatoms. The van der Waals surface area contributed by atoms with Crippen molar-refractivity contribution in [1.82, 2.24) is 4.90 Å². The number of carbonyl (C=O) groups is 2. The molecule has 2 unspecified atom stereocenters. The average molecular weight is 273 g/mol. The molecule has 2 atom stereocenters. The third kappa shape index (κ3) is 2.09. The van der Waals surface area contributed by atoms with E-state index in [-0.39, 0.29) is 29.4 Å². The number of rotatable bonds is 3. The summed E-state index contributed by atoms with van der Waals surface area (Å²) in [4.78, 5) is 26.2. The topological polar surface area (TPSA) is 57.6 Å². The number of benzene rings is 1. The maximum Gasteiger partial charge on any atom is 0.233 e. The quantitative estimate of drug-likeness (QED) is 0.860. The van der Waals surface area contributed by atoms with Gasteiger partial charge in [0, 0.05) is 0 Å². The molecule has 1 aromatic rings. The second-order valence-corrected chi connectivity index (χ2v) is 5.89. The molecule has 1 N–H and O–H groups in total. The van der Waals surface area contributed by atoms with Crippen LogP contribution in [0.4, 0.5) is 0 Å². The van der Waals surface area contributed by atoms with Crippen molar-refractivity contribution in [3.05, 3.63) is 29.8 Å². The third-order valence-corrected chi connectivity index (χ3v) is 4.68. The Hall–Kier alpha value is -1.84. The van der Waals surface area contributed by atoms with Crippen LogP contribution in [0.25, 0.3) is 0 Å². The molecule has 2 amide bonds. The van der Waals surface area contributed by atoms with Gasteiger partial charge in [-0.25, -0.2) is 0 Å². The number of fused-ring (bicyclic) bond motifs is 1. The lowest BCUT2D eigenvalue weighted by Crippen LogP contribution is -2.31. The fourth-order valence-corrected chi connectivity index (χ4v) is 3.47. The fraction of sp³-hybridized carbons (Fsp3) is 0.500. The summed E-state index contributed by atoms with van der Waals surface area (Å²) in [7, 11) is 0. The standard InChI is InChI=1S/C16H19NO3/c1-2-10-7-13-14(8-10)16(20)17(15(13)19)9-11-3-5-12(18)6-4-11/h3-6,10,13-14,18H,2,7-9H2,1H3. The summed E-state index contributed by atoms with van der Waals surface area (Å²) in [5.74, 6) is 0.506. The van der Waals surface area contributed by atoms with Gasteiger partial charge in [0.2, 0.25) is 11.8 Å². The molecule has 1 aliphatic carbocycles. The van der Waals surface area contributed by atoms with Crippen LogP contribution in [0.1, 0.15) is 31.7 Å². The van der Waals surface area contributed by atoms with E-state index >= 15 is 0 Å². The molecule has 3 rings (SSSR count). The van der Waals surface area contributed by atoms with Crippen LogP contribution >= 0.6 is 0 Å². The summed E-state index contributed by atoms with van der Waals surface area (Å²) in [6.45, 7) is 2.44. The maximum atomic E-state index is 12.4. The Morgan fingerprint density at radius 3 is 2.15 bits per heavy atom. The highest BCUT2D eigenvalue weighted by atomic mass is 16.3. The largest absolute Gasteiger partial charge is 0.508 e. The number of imide groups is 1. The van der Waals surface area contributed by atoms with E-state index < -0.39 is 0 Å². The number of hydrogen-bond donors (Lipinski definition) is 1. The van der Waals surface area contributed by atoms with E-state index in [4.69, 9.17) is 0 Å². The van der Waals surface area contributed by atoms with E-state index in [1.165, 1.54) is 4.90 Å². The van der Waals surface area contributed by atoms with Crippen molar-refractivity contribution in [2.45, 2.75) is 32.7 Å². The second kappa shape index (κ2) is 4.93. The summed E-state index contributed by atoms with van der Waals surface area (Å²) >= 11 is 0. The highest BCUT2D eigenvalue weighted by molar-refractivity contribution is 6.05. The van der Waals surface area contributed by atoms with Crippen LogP contribution < -0.4 is 0 Å². The second-order valence-electron chi connectivity index (χ2n) is 5.89. The van der Waals surface area contributed by atoms with E-state index in [1.54, 1.807) is 24.3 Å². The van der Waals surface area contributed by atoms with Crippen molar-refractivity contribution in [3.63, 3.8) is 0 Å². The number of nitrogens with zero attached hydrogens (tertiary/aromatic N) is 1. The zero-order valence-corrected chi connectivity index (χ0v) is 11.6. The van der Waals surface area contributed by atoms with Crippen LogP contribution in [0.15, 0.2) is 24.3 Å². The monoisotopic (exact) mass is 273 g/mol. The van der Waals surface area contributed by atoms with Crippen molar-refractivity contribution in [2.75, 3.05) is 0 Å². The molecule has 20 heavy (non-hydrogen) atoms. The van der Waals surface area contributed by atoms with Gasteiger partial charge in [0.1, 0.15) is 5.75 Å². The van der Waals surface area contributed by atoms with Crippen molar-refractivity contribution in [1.29, 1.82) is 0 Å². The Morgan fingerprint density at radius 2 is 1.65 bits per heavy atom. The number of carbonyl (C=O) groups excluding carboxylic acids is 2. The molecule has 4 nitrogen and oxygen atoms in total. The minimum atomic E-state index is -0.0930. The zero-order valence-electron chi connectivity index (χ0n) is 11.6. The number of aromatic hydroxyl groups is 1. The molecule has 1 saturated carbocycles. The van der Waals surface area contributed by atoms with E-state index in [0.717, 1.165) is 24.8 Å². The van der Waals surface area contributed by atoms with Crippen LogP contribution in [0.3, 0.4) is 0 Å². The first-order valence-corrected chi connectivity index (χ1v) is 7.23. The van der Waals surface area contributed by atoms with E-state index in [0.29, 0.717) is 12.5 Å². The van der Waals surface area contributed by atoms with Gasteiger partial charge >= 0.3 is 0 Å². The van der Waals surface area contributed by atoms with Crippen LogP contribution in [0.2, 0.25) is 0 Å². The number of hydrogen-bond acceptors (Lipinski definition) is 3. The number of likely N-dealkylation sites (tertiary alicyclic amines) is 1. The van der Waals surface area contributed by atoms with Gasteiger partial charge in [-0.3, -0.25) is 14.5 Å². The average Bonchev–Trinajstić information content (AvgIpc) is 2.97. The lowest BCUT2D eigenvalue weighted by Gasteiger charge is -2.17. The fourth-order valence-electron chi connectivity index (χ4n) is 3.47. The van der Waals surface area contributed by atoms with Gasteiger partial charge < -0.3 is 5.11 Å². The predicted octanol–water partition coefficient (Wildman–Crippen LogP) is 2.31. The Kier molecular flexibility index (Phi) is 3.24. The number of phenolic OH excluding ortho intramolecular Hbond substituents is 1. The lowest BCUT2D eigenvalue weighted by atomic mass is 10.00. The number of amides is 2. The highest BCUT2D eigenvalue weighted by Crippen LogP contribution is 2.44. The van der Waals surface area contributed by atoms with Gasteiger partial charge in [0.15, 0.2) is 0 Å². The van der Waals surface area contributed by atoms with Crippen LogP contribution in [0, 0.1) is 17.8 Å². The minimum Gasteiger partial charge on any atom is -0.508 e. The van der Waals surface area contributed by atoms with Crippen molar-refractivity contribution in [2.24, 2.45) is 17.8 Å².